The molecule has 2 aliphatic rings. The van der Waals surface area contributed by atoms with Crippen molar-refractivity contribution in [3.63, 3.8) is 0 Å². The molecule has 2 aromatic carbocycles. The van der Waals surface area contributed by atoms with E-state index in [1.54, 1.807) is 4.90 Å². The number of alkyl halides is 6. The van der Waals surface area contributed by atoms with Crippen molar-refractivity contribution >= 4 is 18.4 Å². The van der Waals surface area contributed by atoms with Crippen LogP contribution in [-0.4, -0.2) is 42.0 Å². The van der Waals surface area contributed by atoms with Gasteiger partial charge in [0.15, 0.2) is 0 Å². The Bertz CT molecular complexity index is 1010. The quantitative estimate of drug-likeness (QED) is 0.504. The van der Waals surface area contributed by atoms with Gasteiger partial charge in [0.1, 0.15) is 0 Å². The fourth-order valence-electron chi connectivity index (χ4n) is 4.81. The highest BCUT2D eigenvalue weighted by Gasteiger charge is 2.45. The van der Waals surface area contributed by atoms with Crippen LogP contribution >= 0.6 is 12.4 Å². The minimum atomic E-state index is -4.96. The van der Waals surface area contributed by atoms with E-state index < -0.39 is 41.6 Å². The Balaban J connectivity index is 0.00000342. The van der Waals surface area contributed by atoms with Gasteiger partial charge in [0, 0.05) is 39.3 Å². The van der Waals surface area contributed by atoms with Crippen LogP contribution in [0.4, 0.5) is 31.1 Å². The molecule has 2 aliphatic heterocycles. The lowest BCUT2D eigenvalue weighted by molar-refractivity contribution is -0.143. The fourth-order valence-corrected chi connectivity index (χ4v) is 4.81. The zero-order valence-corrected chi connectivity index (χ0v) is 19.6. The molecule has 0 saturated carbocycles. The molecule has 0 atom stereocenters. The summed E-state index contributed by atoms with van der Waals surface area (Å²) < 4.78 is 78.4. The molecule has 192 valence electrons. The van der Waals surface area contributed by atoms with Crippen LogP contribution in [0.15, 0.2) is 48.5 Å². The average molecular weight is 522 g/mol. The van der Waals surface area contributed by atoms with Gasteiger partial charge in [-0.1, -0.05) is 36.4 Å². The highest BCUT2D eigenvalue weighted by molar-refractivity contribution is 5.85. The largest absolute Gasteiger partial charge is 0.416 e. The Morgan fingerprint density at radius 2 is 1.54 bits per heavy atom. The van der Waals surface area contributed by atoms with E-state index in [9.17, 15) is 31.1 Å². The second kappa shape index (κ2) is 10.3. The lowest BCUT2D eigenvalue weighted by Gasteiger charge is -2.54. The molecule has 0 bridgehead atoms. The molecule has 0 aromatic heterocycles. The van der Waals surface area contributed by atoms with Crippen molar-refractivity contribution in [1.29, 1.82) is 0 Å². The Hall–Kier alpha value is -2.46. The molecule has 2 amide bonds. The minimum absolute atomic E-state index is 0. The van der Waals surface area contributed by atoms with Crippen LogP contribution in [0.2, 0.25) is 0 Å². The second-order valence-corrected chi connectivity index (χ2v) is 9.14. The van der Waals surface area contributed by atoms with Gasteiger partial charge in [-0.05, 0) is 41.5 Å². The van der Waals surface area contributed by atoms with Gasteiger partial charge in [0.2, 0.25) is 0 Å². The van der Waals surface area contributed by atoms with E-state index in [4.69, 9.17) is 0 Å². The van der Waals surface area contributed by atoms with Crippen LogP contribution in [0, 0.1) is 5.41 Å². The van der Waals surface area contributed by atoms with E-state index in [1.165, 1.54) is 5.56 Å². The molecule has 2 saturated heterocycles. The number of carbonyl (C=O) groups excluding carboxylic acids is 1. The first-order chi connectivity index (χ1) is 16.0. The number of likely N-dealkylation sites (tertiary alicyclic amines) is 2. The summed E-state index contributed by atoms with van der Waals surface area (Å²) >= 11 is 0. The summed E-state index contributed by atoms with van der Waals surface area (Å²) in [5.41, 5.74) is -1.78. The smallest absolute Gasteiger partial charge is 0.334 e. The number of rotatable bonds is 4. The highest BCUT2D eigenvalue weighted by atomic mass is 35.5. The number of hydrogen-bond acceptors (Lipinski definition) is 2. The lowest BCUT2D eigenvalue weighted by Crippen LogP contribution is -2.60. The van der Waals surface area contributed by atoms with E-state index >= 15 is 0 Å². The van der Waals surface area contributed by atoms with E-state index in [2.05, 4.69) is 22.3 Å². The predicted molar refractivity (Wildman–Crippen MR) is 121 cm³/mol. The fraction of sp³-hybridized carbons (Fsp3) is 0.458. The van der Waals surface area contributed by atoms with Crippen molar-refractivity contribution in [2.24, 2.45) is 5.41 Å². The molecule has 1 N–H and O–H groups in total. The molecule has 2 aromatic rings. The van der Waals surface area contributed by atoms with Crippen LogP contribution in [0.1, 0.15) is 35.1 Å². The molecule has 1 spiro atoms. The van der Waals surface area contributed by atoms with E-state index in [1.807, 2.05) is 18.2 Å². The normalized spacial score (nSPS) is 18.1. The molecule has 0 aliphatic carbocycles. The number of piperidine rings is 1. The summed E-state index contributed by atoms with van der Waals surface area (Å²) in [6, 6.07) is 11.1. The third-order valence-corrected chi connectivity index (χ3v) is 6.65. The standard InChI is InChI=1S/C24H25F6N3O.ClH/c25-23(26,27)19-7-6-18(20(12-19)24(28,29)30)13-31-21(34)33-10-8-22(9-11-33)15-32(16-22)14-17-4-2-1-3-5-17;/h1-7,12H,8-11,13-16H2,(H,31,34);1H. The molecular weight excluding hydrogens is 496 g/mol. The van der Waals surface area contributed by atoms with Crippen molar-refractivity contribution in [2.75, 3.05) is 26.2 Å². The first kappa shape index (κ1) is 27.1. The SMILES string of the molecule is Cl.O=C(NCc1ccc(C(F)(F)F)cc1C(F)(F)F)N1CCC2(CC1)CN(Cc1ccccc1)C2. The van der Waals surface area contributed by atoms with Crippen LogP contribution in [0.25, 0.3) is 0 Å². The van der Waals surface area contributed by atoms with E-state index in [-0.39, 0.29) is 23.9 Å². The highest BCUT2D eigenvalue weighted by Crippen LogP contribution is 2.41. The van der Waals surface area contributed by atoms with Crippen LogP contribution in [-0.2, 0) is 25.4 Å². The minimum Gasteiger partial charge on any atom is -0.334 e. The third kappa shape index (κ3) is 6.41. The van der Waals surface area contributed by atoms with Crippen molar-refractivity contribution in [2.45, 2.75) is 38.3 Å². The van der Waals surface area contributed by atoms with Crippen molar-refractivity contribution in [3.05, 3.63) is 70.8 Å². The number of hydrogen-bond donors (Lipinski definition) is 1. The van der Waals surface area contributed by atoms with Crippen molar-refractivity contribution < 1.29 is 31.1 Å². The third-order valence-electron chi connectivity index (χ3n) is 6.65. The molecule has 0 unspecified atom stereocenters. The first-order valence-electron chi connectivity index (χ1n) is 11.0. The Morgan fingerprint density at radius 1 is 0.914 bits per heavy atom. The summed E-state index contributed by atoms with van der Waals surface area (Å²) in [5, 5.41) is 2.44. The summed E-state index contributed by atoms with van der Waals surface area (Å²) in [4.78, 5) is 16.4. The molecule has 4 nitrogen and oxygen atoms in total. The molecule has 11 heteroatoms. The number of urea groups is 1. The monoisotopic (exact) mass is 521 g/mol. The van der Waals surface area contributed by atoms with Gasteiger partial charge in [-0.25, -0.2) is 4.79 Å². The lowest BCUT2D eigenvalue weighted by atomic mass is 9.72. The zero-order valence-electron chi connectivity index (χ0n) is 18.8. The topological polar surface area (TPSA) is 35.6 Å². The predicted octanol–water partition coefficient (Wildman–Crippen LogP) is 5.95. The number of benzene rings is 2. The van der Waals surface area contributed by atoms with Gasteiger partial charge in [0.05, 0.1) is 11.1 Å². The first-order valence-corrected chi connectivity index (χ1v) is 11.0. The molecular formula is C24H26ClF6N3O. The van der Waals surface area contributed by atoms with Gasteiger partial charge in [-0.15, -0.1) is 12.4 Å². The molecule has 0 radical (unpaired) electrons. The molecule has 2 fully saturated rings. The van der Waals surface area contributed by atoms with Crippen molar-refractivity contribution in [1.82, 2.24) is 15.1 Å². The van der Waals surface area contributed by atoms with Crippen LogP contribution < -0.4 is 5.32 Å². The Labute approximate surface area is 205 Å². The van der Waals surface area contributed by atoms with Crippen LogP contribution in [0.5, 0.6) is 0 Å². The average Bonchev–Trinajstić information content (AvgIpc) is 2.76. The maximum atomic E-state index is 13.3. The van der Waals surface area contributed by atoms with E-state index in [0.717, 1.165) is 38.5 Å². The maximum absolute atomic E-state index is 13.3. The van der Waals surface area contributed by atoms with Gasteiger partial charge in [0.25, 0.3) is 0 Å². The number of nitrogens with one attached hydrogen (secondary N) is 1. The molecule has 2 heterocycles. The summed E-state index contributed by atoms with van der Waals surface area (Å²) in [6.07, 6.45) is -8.24. The summed E-state index contributed by atoms with van der Waals surface area (Å²) in [6.45, 7) is 3.24. The van der Waals surface area contributed by atoms with Crippen LogP contribution in [0.3, 0.4) is 0 Å². The summed E-state index contributed by atoms with van der Waals surface area (Å²) in [5.74, 6) is 0. The maximum Gasteiger partial charge on any atom is 0.416 e. The Morgan fingerprint density at radius 3 is 2.11 bits per heavy atom. The van der Waals surface area contributed by atoms with Gasteiger partial charge in [-0.2, -0.15) is 26.3 Å². The molecule has 35 heavy (non-hydrogen) atoms. The van der Waals surface area contributed by atoms with Gasteiger partial charge >= 0.3 is 18.4 Å². The Kier molecular flexibility index (Phi) is 7.96. The number of carbonyl (C=O) groups is 1. The van der Waals surface area contributed by atoms with Gasteiger partial charge < -0.3 is 10.2 Å². The van der Waals surface area contributed by atoms with Gasteiger partial charge in [-0.3, -0.25) is 4.90 Å². The zero-order chi connectivity index (χ0) is 24.6. The summed E-state index contributed by atoms with van der Waals surface area (Å²) in [7, 11) is 0. The number of halogens is 7. The van der Waals surface area contributed by atoms with E-state index in [0.29, 0.717) is 19.2 Å². The second-order valence-electron chi connectivity index (χ2n) is 9.14. The number of amides is 2. The number of nitrogens with zero attached hydrogens (tertiary/aromatic N) is 2. The molecule has 4 rings (SSSR count). The van der Waals surface area contributed by atoms with Crippen molar-refractivity contribution in [3.8, 4) is 0 Å².